The van der Waals surface area contributed by atoms with E-state index in [0.29, 0.717) is 19.5 Å². The maximum absolute atomic E-state index is 12.1. The van der Waals surface area contributed by atoms with E-state index in [9.17, 15) is 14.7 Å². The fourth-order valence-corrected chi connectivity index (χ4v) is 2.68. The Morgan fingerprint density at radius 1 is 1.38 bits per heavy atom. The Labute approximate surface area is 125 Å². The number of carboxylic acid groups (broad SMARTS) is 1. The van der Waals surface area contributed by atoms with Crippen LogP contribution in [0.5, 0.6) is 0 Å². The van der Waals surface area contributed by atoms with Crippen molar-refractivity contribution in [2.24, 2.45) is 5.41 Å². The molecule has 21 heavy (non-hydrogen) atoms. The molecule has 1 amide bonds. The molecule has 0 bridgehead atoms. The molecule has 1 heterocycles. The summed E-state index contributed by atoms with van der Waals surface area (Å²) in [7, 11) is 0. The molecule has 2 atom stereocenters. The maximum Gasteiger partial charge on any atom is 0.310 e. The molecule has 1 saturated heterocycles. The molecule has 2 unspecified atom stereocenters. The van der Waals surface area contributed by atoms with Gasteiger partial charge in [0.2, 0.25) is 5.91 Å². The van der Waals surface area contributed by atoms with Crippen molar-refractivity contribution >= 4 is 11.9 Å². The average molecular weight is 290 g/mol. The normalized spacial score (nSPS) is 23.7. The molecule has 1 aromatic carbocycles. The number of aliphatic carboxylic acids is 1. The van der Waals surface area contributed by atoms with E-state index in [0.717, 1.165) is 5.56 Å². The van der Waals surface area contributed by atoms with E-state index in [1.165, 1.54) is 0 Å². The minimum atomic E-state index is -0.789. The molecule has 0 aromatic heterocycles. The van der Waals surface area contributed by atoms with Gasteiger partial charge in [0.15, 0.2) is 0 Å². The Kier molecular flexibility index (Phi) is 4.63. The predicted molar refractivity (Wildman–Crippen MR) is 79.8 cm³/mol. The first kappa shape index (κ1) is 15.5. The van der Waals surface area contributed by atoms with Crippen LogP contribution >= 0.6 is 0 Å². The van der Waals surface area contributed by atoms with Crippen LogP contribution in [0.2, 0.25) is 0 Å². The third-order valence-corrected chi connectivity index (χ3v) is 4.11. The molecule has 2 N–H and O–H groups in total. The number of hydrogen-bond acceptors (Lipinski definition) is 3. The number of nitrogens with one attached hydrogen (secondary N) is 1. The lowest BCUT2D eigenvalue weighted by molar-refractivity contribution is -0.147. The fourth-order valence-electron chi connectivity index (χ4n) is 2.68. The summed E-state index contributed by atoms with van der Waals surface area (Å²) in [6, 6.07) is 9.72. The molecular formula is C16H22N2O3. The highest BCUT2D eigenvalue weighted by Crippen LogP contribution is 2.29. The van der Waals surface area contributed by atoms with Crippen molar-refractivity contribution in [3.05, 3.63) is 35.9 Å². The number of hydrogen-bond donors (Lipinski definition) is 2. The maximum atomic E-state index is 12.1. The van der Waals surface area contributed by atoms with Gasteiger partial charge in [0, 0.05) is 6.54 Å². The highest BCUT2D eigenvalue weighted by Gasteiger charge is 2.40. The van der Waals surface area contributed by atoms with Gasteiger partial charge in [-0.1, -0.05) is 30.3 Å². The van der Waals surface area contributed by atoms with E-state index in [1.54, 1.807) is 6.92 Å². The van der Waals surface area contributed by atoms with E-state index in [4.69, 9.17) is 0 Å². The van der Waals surface area contributed by atoms with Gasteiger partial charge in [-0.25, -0.2) is 0 Å². The van der Waals surface area contributed by atoms with Gasteiger partial charge in [-0.3, -0.25) is 14.5 Å². The molecule has 1 fully saturated rings. The number of carboxylic acids is 1. The molecule has 0 aliphatic carbocycles. The van der Waals surface area contributed by atoms with Crippen molar-refractivity contribution in [3.8, 4) is 0 Å². The molecule has 5 heteroatoms. The fraction of sp³-hybridized carbons (Fsp3) is 0.500. The van der Waals surface area contributed by atoms with Crippen molar-refractivity contribution in [2.75, 3.05) is 19.6 Å². The number of nitrogens with zero attached hydrogens (tertiary/aromatic N) is 1. The first-order chi connectivity index (χ1) is 9.90. The van der Waals surface area contributed by atoms with E-state index >= 15 is 0 Å². The van der Waals surface area contributed by atoms with E-state index in [2.05, 4.69) is 5.32 Å². The van der Waals surface area contributed by atoms with Crippen LogP contribution in [0.3, 0.4) is 0 Å². The van der Waals surface area contributed by atoms with Crippen molar-refractivity contribution in [3.63, 3.8) is 0 Å². The summed E-state index contributed by atoms with van der Waals surface area (Å²) in [4.78, 5) is 25.2. The lowest BCUT2D eigenvalue weighted by Crippen LogP contribution is -2.39. The van der Waals surface area contributed by atoms with Gasteiger partial charge < -0.3 is 10.4 Å². The Hall–Kier alpha value is -1.88. The largest absolute Gasteiger partial charge is 0.481 e. The van der Waals surface area contributed by atoms with Crippen LogP contribution in [0.1, 0.15) is 31.9 Å². The lowest BCUT2D eigenvalue weighted by atomic mass is 9.90. The number of benzene rings is 1. The highest BCUT2D eigenvalue weighted by atomic mass is 16.4. The van der Waals surface area contributed by atoms with Crippen molar-refractivity contribution in [1.82, 2.24) is 10.2 Å². The Balaban J connectivity index is 1.85. The number of carbonyl (C=O) groups excluding carboxylic acids is 1. The van der Waals surface area contributed by atoms with Crippen molar-refractivity contribution in [1.29, 1.82) is 0 Å². The quantitative estimate of drug-likeness (QED) is 0.865. The molecular weight excluding hydrogens is 268 g/mol. The Morgan fingerprint density at radius 3 is 2.62 bits per heavy atom. The second kappa shape index (κ2) is 6.26. The van der Waals surface area contributed by atoms with Gasteiger partial charge in [0.05, 0.1) is 18.0 Å². The predicted octanol–water partition coefficient (Wildman–Crippen LogP) is 1.66. The standard InChI is InChI=1S/C16H22N2O3/c1-12(13-6-4-3-5-7-13)17-14(19)10-18-9-8-16(2,11-18)15(20)21/h3-7,12H,8-11H2,1-2H3,(H,17,19)(H,20,21). The summed E-state index contributed by atoms with van der Waals surface area (Å²) < 4.78 is 0. The zero-order valence-corrected chi connectivity index (χ0v) is 12.5. The summed E-state index contributed by atoms with van der Waals surface area (Å²) in [5.41, 5.74) is 0.327. The average Bonchev–Trinajstić information content (AvgIpc) is 2.82. The van der Waals surface area contributed by atoms with Gasteiger partial charge >= 0.3 is 5.97 Å². The molecule has 1 aliphatic rings. The molecule has 114 valence electrons. The van der Waals surface area contributed by atoms with Crippen molar-refractivity contribution < 1.29 is 14.7 Å². The van der Waals surface area contributed by atoms with Crippen LogP contribution in [0.4, 0.5) is 0 Å². The smallest absolute Gasteiger partial charge is 0.310 e. The van der Waals surface area contributed by atoms with Crippen LogP contribution in [0.15, 0.2) is 30.3 Å². The zero-order chi connectivity index (χ0) is 15.5. The molecule has 1 aromatic rings. The number of amides is 1. The van der Waals surface area contributed by atoms with E-state index in [1.807, 2.05) is 42.2 Å². The van der Waals surface area contributed by atoms with Crippen LogP contribution < -0.4 is 5.32 Å². The summed E-state index contributed by atoms with van der Waals surface area (Å²) in [5, 5.41) is 12.1. The van der Waals surface area contributed by atoms with Crippen LogP contribution in [-0.4, -0.2) is 41.5 Å². The first-order valence-corrected chi connectivity index (χ1v) is 7.21. The molecule has 2 rings (SSSR count). The van der Waals surface area contributed by atoms with Gasteiger partial charge in [-0.05, 0) is 32.4 Å². The molecule has 0 spiro atoms. The number of likely N-dealkylation sites (tertiary alicyclic amines) is 1. The number of carbonyl (C=O) groups is 2. The topological polar surface area (TPSA) is 69.6 Å². The van der Waals surface area contributed by atoms with E-state index in [-0.39, 0.29) is 18.5 Å². The third-order valence-electron chi connectivity index (χ3n) is 4.11. The molecule has 5 nitrogen and oxygen atoms in total. The SMILES string of the molecule is CC(NC(=O)CN1CCC(C)(C(=O)O)C1)c1ccccc1. The Bertz CT molecular complexity index is 518. The minimum Gasteiger partial charge on any atom is -0.481 e. The Morgan fingerprint density at radius 2 is 2.05 bits per heavy atom. The summed E-state index contributed by atoms with van der Waals surface area (Å²) in [6.07, 6.45) is 0.587. The van der Waals surface area contributed by atoms with Gasteiger partial charge in [-0.15, -0.1) is 0 Å². The molecule has 1 aliphatic heterocycles. The molecule has 0 saturated carbocycles. The second-order valence-electron chi connectivity index (χ2n) is 6.03. The second-order valence-corrected chi connectivity index (χ2v) is 6.03. The first-order valence-electron chi connectivity index (χ1n) is 7.21. The third kappa shape index (κ3) is 3.82. The van der Waals surface area contributed by atoms with E-state index < -0.39 is 11.4 Å². The van der Waals surface area contributed by atoms with Crippen LogP contribution in [0.25, 0.3) is 0 Å². The van der Waals surface area contributed by atoms with Gasteiger partial charge in [0.1, 0.15) is 0 Å². The lowest BCUT2D eigenvalue weighted by Gasteiger charge is -2.21. The van der Waals surface area contributed by atoms with Crippen LogP contribution in [0, 0.1) is 5.41 Å². The molecule has 0 radical (unpaired) electrons. The van der Waals surface area contributed by atoms with Gasteiger partial charge in [-0.2, -0.15) is 0 Å². The zero-order valence-electron chi connectivity index (χ0n) is 12.5. The number of rotatable bonds is 5. The van der Waals surface area contributed by atoms with Gasteiger partial charge in [0.25, 0.3) is 0 Å². The highest BCUT2D eigenvalue weighted by molar-refractivity contribution is 5.79. The van der Waals surface area contributed by atoms with Crippen LogP contribution in [-0.2, 0) is 9.59 Å². The summed E-state index contributed by atoms with van der Waals surface area (Å²) >= 11 is 0. The summed E-state index contributed by atoms with van der Waals surface area (Å²) in [6.45, 7) is 5.00. The summed E-state index contributed by atoms with van der Waals surface area (Å²) in [5.74, 6) is -0.857. The minimum absolute atomic E-state index is 0.0489. The monoisotopic (exact) mass is 290 g/mol. The van der Waals surface area contributed by atoms with Crippen molar-refractivity contribution in [2.45, 2.75) is 26.3 Å².